The van der Waals surface area contributed by atoms with E-state index >= 15 is 0 Å². The molecule has 0 spiro atoms. The van der Waals surface area contributed by atoms with E-state index in [2.05, 4.69) is 35.2 Å². The van der Waals surface area contributed by atoms with Crippen molar-refractivity contribution in [2.24, 2.45) is 0 Å². The number of benzene rings is 1. The second-order valence-corrected chi connectivity index (χ2v) is 3.59. The topological polar surface area (TPSA) is 0 Å². The van der Waals surface area contributed by atoms with Gasteiger partial charge in [-0.15, -0.1) is 0 Å². The average Bonchev–Trinajstić information content (AvgIpc) is 2.15. The van der Waals surface area contributed by atoms with E-state index in [1.165, 1.54) is 30.4 Å². The molecule has 0 atom stereocenters. The molecule has 0 saturated heterocycles. The molecule has 0 aliphatic carbocycles. The van der Waals surface area contributed by atoms with Gasteiger partial charge in [0.25, 0.3) is 0 Å². The molecule has 0 radical (unpaired) electrons. The SMILES string of the molecule is CCCCc1ccccc1C=[Te]. The number of aryl methyl sites for hydroxylation is 1. The molecule has 0 fully saturated rings. The molecule has 0 heterocycles. The van der Waals surface area contributed by atoms with Gasteiger partial charge in [0, 0.05) is 0 Å². The molecule has 1 heteroatoms. The average molecular weight is 274 g/mol. The van der Waals surface area contributed by atoms with Crippen LogP contribution in [-0.4, -0.2) is 25.9 Å². The van der Waals surface area contributed by atoms with E-state index in [1.54, 1.807) is 0 Å². The Balaban J connectivity index is 2.75. The van der Waals surface area contributed by atoms with Gasteiger partial charge < -0.3 is 0 Å². The second-order valence-electron chi connectivity index (χ2n) is 2.92. The minimum absolute atomic E-state index is 1.22. The van der Waals surface area contributed by atoms with Crippen molar-refractivity contribution < 1.29 is 0 Å². The van der Waals surface area contributed by atoms with Crippen LogP contribution < -0.4 is 0 Å². The van der Waals surface area contributed by atoms with Gasteiger partial charge in [-0.3, -0.25) is 0 Å². The molecule has 0 bridgehead atoms. The van der Waals surface area contributed by atoms with Gasteiger partial charge in [-0.25, -0.2) is 0 Å². The van der Waals surface area contributed by atoms with Crippen LogP contribution in [0.25, 0.3) is 0 Å². The Morgan fingerprint density at radius 2 is 2.08 bits per heavy atom. The Hall–Kier alpha value is -0.120. The fourth-order valence-electron chi connectivity index (χ4n) is 1.24. The van der Waals surface area contributed by atoms with Crippen LogP contribution in [0.2, 0.25) is 0 Å². The predicted molar refractivity (Wildman–Crippen MR) is 56.0 cm³/mol. The Kier molecular flexibility index (Phi) is 4.58. The molecule has 0 N–H and O–H groups in total. The van der Waals surface area contributed by atoms with Crippen molar-refractivity contribution in [1.82, 2.24) is 0 Å². The maximum absolute atomic E-state index is 2.24. The van der Waals surface area contributed by atoms with Crippen LogP contribution in [0.4, 0.5) is 0 Å². The summed E-state index contributed by atoms with van der Waals surface area (Å²) in [7, 11) is 0. The summed E-state index contributed by atoms with van der Waals surface area (Å²) in [6.07, 6.45) is 3.80. The summed E-state index contributed by atoms with van der Waals surface area (Å²) < 4.78 is 2.20. The predicted octanol–water partition coefficient (Wildman–Crippen LogP) is 2.35. The van der Waals surface area contributed by atoms with Crippen molar-refractivity contribution in [3.63, 3.8) is 0 Å². The molecular formula is C11H14Te. The third-order valence-electron chi connectivity index (χ3n) is 1.98. The summed E-state index contributed by atoms with van der Waals surface area (Å²) >= 11 is 2.03. The minimum atomic E-state index is 1.22. The molecule has 1 rings (SSSR count). The third kappa shape index (κ3) is 2.73. The van der Waals surface area contributed by atoms with E-state index < -0.39 is 0 Å². The maximum atomic E-state index is 2.24. The summed E-state index contributed by atoms with van der Waals surface area (Å²) in [6, 6.07) is 8.64. The van der Waals surface area contributed by atoms with Crippen LogP contribution in [-0.2, 0) is 6.42 Å². The number of unbranched alkanes of at least 4 members (excludes halogenated alkanes) is 1. The quantitative estimate of drug-likeness (QED) is 0.739. The monoisotopic (exact) mass is 276 g/mol. The Labute approximate surface area is 87.4 Å². The van der Waals surface area contributed by atoms with Crippen LogP contribution in [0.1, 0.15) is 30.9 Å². The summed E-state index contributed by atoms with van der Waals surface area (Å²) in [5.74, 6) is 0. The van der Waals surface area contributed by atoms with Crippen LogP contribution in [0.15, 0.2) is 24.3 Å². The van der Waals surface area contributed by atoms with Crippen LogP contribution in [0.3, 0.4) is 0 Å². The molecule has 0 amide bonds. The zero-order chi connectivity index (χ0) is 8.81. The van der Waals surface area contributed by atoms with Crippen LogP contribution >= 0.6 is 0 Å². The summed E-state index contributed by atoms with van der Waals surface area (Å²) in [5, 5.41) is 0. The number of hydrogen-bond acceptors (Lipinski definition) is 0. The third-order valence-corrected chi connectivity index (χ3v) is 2.71. The molecule has 0 aliphatic heterocycles. The van der Waals surface area contributed by atoms with Gasteiger partial charge >= 0.3 is 87.5 Å². The zero-order valence-corrected chi connectivity index (χ0v) is 9.75. The summed E-state index contributed by atoms with van der Waals surface area (Å²) in [4.78, 5) is 0. The van der Waals surface area contributed by atoms with Crippen molar-refractivity contribution in [3.05, 3.63) is 35.4 Å². The van der Waals surface area contributed by atoms with E-state index in [0.717, 1.165) is 0 Å². The fourth-order valence-corrected chi connectivity index (χ4v) is 1.90. The Morgan fingerprint density at radius 3 is 2.75 bits per heavy atom. The Morgan fingerprint density at radius 1 is 1.33 bits per heavy atom. The van der Waals surface area contributed by atoms with Crippen molar-refractivity contribution in [3.8, 4) is 0 Å². The van der Waals surface area contributed by atoms with Crippen molar-refractivity contribution in [2.75, 3.05) is 0 Å². The number of rotatable bonds is 4. The van der Waals surface area contributed by atoms with Crippen LogP contribution in [0.5, 0.6) is 0 Å². The first kappa shape index (κ1) is 9.96. The molecule has 1 aromatic rings. The Bertz CT molecular complexity index is 253. The van der Waals surface area contributed by atoms with E-state index in [-0.39, 0.29) is 0 Å². The normalized spacial score (nSPS) is 9.75. The van der Waals surface area contributed by atoms with Crippen molar-refractivity contribution in [2.45, 2.75) is 26.2 Å². The van der Waals surface area contributed by atoms with Gasteiger partial charge in [-0.1, -0.05) is 0 Å². The van der Waals surface area contributed by atoms with E-state index in [4.69, 9.17) is 0 Å². The standard InChI is InChI=1S/C11H14Te/c1-2-3-6-10-7-4-5-8-11(10)9-12/h4-5,7-9H,2-3,6H2,1H3. The van der Waals surface area contributed by atoms with E-state index in [1.807, 2.05) is 21.8 Å². The van der Waals surface area contributed by atoms with Gasteiger partial charge in [0.2, 0.25) is 0 Å². The molecule has 0 nitrogen and oxygen atoms in total. The van der Waals surface area contributed by atoms with Crippen molar-refractivity contribution in [1.29, 1.82) is 0 Å². The molecule has 12 heavy (non-hydrogen) atoms. The van der Waals surface area contributed by atoms with Gasteiger partial charge in [-0.2, -0.15) is 0 Å². The van der Waals surface area contributed by atoms with Gasteiger partial charge in [0.15, 0.2) is 0 Å². The molecule has 0 saturated carbocycles. The molecule has 0 aromatic heterocycles. The molecule has 64 valence electrons. The molecule has 1 aromatic carbocycles. The van der Waals surface area contributed by atoms with Crippen LogP contribution in [0, 0.1) is 0 Å². The summed E-state index contributed by atoms with van der Waals surface area (Å²) in [6.45, 7) is 2.24. The van der Waals surface area contributed by atoms with Gasteiger partial charge in [-0.05, 0) is 0 Å². The first-order chi connectivity index (χ1) is 5.88. The first-order valence-corrected chi connectivity index (χ1v) is 5.76. The van der Waals surface area contributed by atoms with E-state index in [9.17, 15) is 0 Å². The fraction of sp³-hybridized carbons (Fsp3) is 0.364. The second kappa shape index (κ2) is 5.51. The zero-order valence-electron chi connectivity index (χ0n) is 7.42. The van der Waals surface area contributed by atoms with Gasteiger partial charge in [0.1, 0.15) is 0 Å². The van der Waals surface area contributed by atoms with Gasteiger partial charge in [0.05, 0.1) is 0 Å². The number of hydrogen-bond donors (Lipinski definition) is 0. The molecular weight excluding hydrogens is 260 g/mol. The molecule has 0 aliphatic rings. The first-order valence-electron chi connectivity index (χ1n) is 4.41. The van der Waals surface area contributed by atoms with Crippen molar-refractivity contribution >= 4 is 25.9 Å². The summed E-state index contributed by atoms with van der Waals surface area (Å²) in [5.41, 5.74) is 2.89. The molecule has 0 unspecified atom stereocenters. The van der Waals surface area contributed by atoms with E-state index in [0.29, 0.717) is 0 Å².